The van der Waals surface area contributed by atoms with Gasteiger partial charge >= 0.3 is 0 Å². The summed E-state index contributed by atoms with van der Waals surface area (Å²) in [5.41, 5.74) is 4.40. The van der Waals surface area contributed by atoms with Crippen molar-refractivity contribution >= 4 is 0 Å². The van der Waals surface area contributed by atoms with Gasteiger partial charge in [0, 0.05) is 0 Å². The fourth-order valence-corrected chi connectivity index (χ4v) is 4.89. The van der Waals surface area contributed by atoms with Crippen LogP contribution in [-0.2, 0) is 4.74 Å². The van der Waals surface area contributed by atoms with E-state index in [4.69, 9.17) is 4.74 Å². The first-order valence-corrected chi connectivity index (χ1v) is 8.94. The van der Waals surface area contributed by atoms with Gasteiger partial charge in [0.1, 0.15) is 0 Å². The number of epoxide rings is 1. The standard InChI is InChI=1S/C20H32O2/c1-13(2)18-15-9-11-20(5)17(22-20)7-6-14(3)8-10-19(15,4)12-16(18)21/h8,15-17,21H,6-7,9-12H2,1-5H3/b14-8+/t15-,16+,17-,19-,20-/m1/s1. The molecule has 1 N–H and O–H groups in total. The molecule has 2 aliphatic carbocycles. The number of rotatable bonds is 0. The third-order valence-corrected chi connectivity index (χ3v) is 6.50. The molecular weight excluding hydrogens is 272 g/mol. The van der Waals surface area contributed by atoms with Crippen LogP contribution >= 0.6 is 0 Å². The van der Waals surface area contributed by atoms with E-state index in [1.54, 1.807) is 0 Å². The van der Waals surface area contributed by atoms with Gasteiger partial charge in [0.15, 0.2) is 0 Å². The second-order valence-corrected chi connectivity index (χ2v) is 8.63. The monoisotopic (exact) mass is 304 g/mol. The topological polar surface area (TPSA) is 32.8 Å². The van der Waals surface area contributed by atoms with Crippen LogP contribution in [0.2, 0.25) is 0 Å². The first-order chi connectivity index (χ1) is 10.3. The van der Waals surface area contributed by atoms with Gasteiger partial charge in [-0.2, -0.15) is 0 Å². The summed E-state index contributed by atoms with van der Waals surface area (Å²) in [6, 6.07) is 0. The zero-order chi connectivity index (χ0) is 16.1. The Hall–Kier alpha value is -0.600. The number of aliphatic hydroxyl groups excluding tert-OH is 1. The Balaban J connectivity index is 1.93. The molecule has 3 aliphatic rings. The molecule has 0 amide bonds. The molecule has 0 aromatic heterocycles. The molecule has 5 atom stereocenters. The summed E-state index contributed by atoms with van der Waals surface area (Å²) in [5.74, 6) is 0.497. The minimum Gasteiger partial charge on any atom is -0.389 e. The maximum Gasteiger partial charge on any atom is 0.0920 e. The van der Waals surface area contributed by atoms with Crippen LogP contribution in [0.5, 0.6) is 0 Å². The number of allylic oxidation sites excluding steroid dienone is 3. The summed E-state index contributed by atoms with van der Waals surface area (Å²) < 4.78 is 6.02. The van der Waals surface area contributed by atoms with Crippen LogP contribution in [-0.4, -0.2) is 22.9 Å². The number of hydrogen-bond acceptors (Lipinski definition) is 2. The molecule has 0 aromatic carbocycles. The van der Waals surface area contributed by atoms with Crippen LogP contribution in [0.1, 0.15) is 73.1 Å². The van der Waals surface area contributed by atoms with E-state index >= 15 is 0 Å². The molecule has 0 unspecified atom stereocenters. The van der Waals surface area contributed by atoms with Crippen molar-refractivity contribution in [3.63, 3.8) is 0 Å². The van der Waals surface area contributed by atoms with E-state index in [1.807, 2.05) is 0 Å². The zero-order valence-electron chi connectivity index (χ0n) is 14.9. The second kappa shape index (κ2) is 5.49. The number of fused-ring (bicyclic) bond motifs is 2. The molecule has 1 saturated heterocycles. The highest BCUT2D eigenvalue weighted by Gasteiger charge is 2.53. The Labute approximate surface area is 135 Å². The highest BCUT2D eigenvalue weighted by molar-refractivity contribution is 5.28. The largest absolute Gasteiger partial charge is 0.389 e. The third kappa shape index (κ3) is 2.80. The SMILES string of the molecule is CC(C)=C1[C@H]2CC[C@@]3(C)O[C@@H]3CC/C(C)=C/C[C@]2(C)C[C@@H]1O. The molecular formula is C20H32O2. The van der Waals surface area contributed by atoms with Crippen LogP contribution in [0.25, 0.3) is 0 Å². The van der Waals surface area contributed by atoms with Crippen LogP contribution in [0.15, 0.2) is 22.8 Å². The predicted molar refractivity (Wildman–Crippen MR) is 90.7 cm³/mol. The van der Waals surface area contributed by atoms with Gasteiger partial charge in [0.2, 0.25) is 0 Å². The van der Waals surface area contributed by atoms with E-state index in [0.29, 0.717) is 12.0 Å². The van der Waals surface area contributed by atoms with Crippen molar-refractivity contribution in [3.8, 4) is 0 Å². The quantitative estimate of drug-likeness (QED) is 0.516. The van der Waals surface area contributed by atoms with E-state index in [-0.39, 0.29) is 17.1 Å². The lowest BCUT2D eigenvalue weighted by molar-refractivity contribution is 0.168. The average Bonchev–Trinajstić information content (AvgIpc) is 2.99. The van der Waals surface area contributed by atoms with Gasteiger partial charge in [-0.25, -0.2) is 0 Å². The van der Waals surface area contributed by atoms with Gasteiger partial charge < -0.3 is 9.84 Å². The fourth-order valence-electron chi connectivity index (χ4n) is 4.89. The number of hydrogen-bond donors (Lipinski definition) is 1. The molecule has 22 heavy (non-hydrogen) atoms. The highest BCUT2D eigenvalue weighted by atomic mass is 16.6. The lowest BCUT2D eigenvalue weighted by Crippen LogP contribution is -2.24. The van der Waals surface area contributed by atoms with E-state index in [0.717, 1.165) is 32.1 Å². The Morgan fingerprint density at radius 2 is 2.00 bits per heavy atom. The maximum atomic E-state index is 10.6. The minimum atomic E-state index is -0.250. The third-order valence-electron chi connectivity index (χ3n) is 6.50. The lowest BCUT2D eigenvalue weighted by Gasteiger charge is -2.32. The molecule has 1 heterocycles. The summed E-state index contributed by atoms with van der Waals surface area (Å²) in [6.07, 6.45) is 9.22. The molecule has 124 valence electrons. The normalized spacial score (nSPS) is 47.8. The van der Waals surface area contributed by atoms with E-state index in [2.05, 4.69) is 40.7 Å². The molecule has 1 aliphatic heterocycles. The Morgan fingerprint density at radius 3 is 2.68 bits per heavy atom. The van der Waals surface area contributed by atoms with Crippen molar-refractivity contribution in [2.45, 2.75) is 91.0 Å². The van der Waals surface area contributed by atoms with Gasteiger partial charge in [0.25, 0.3) is 0 Å². The van der Waals surface area contributed by atoms with Gasteiger partial charge in [-0.05, 0) is 83.1 Å². The molecule has 1 saturated carbocycles. The summed E-state index contributed by atoms with van der Waals surface area (Å²) in [7, 11) is 0. The van der Waals surface area contributed by atoms with Crippen molar-refractivity contribution in [1.29, 1.82) is 0 Å². The van der Waals surface area contributed by atoms with Gasteiger partial charge in [-0.1, -0.05) is 24.1 Å². The molecule has 0 spiro atoms. The molecule has 2 fully saturated rings. The molecule has 0 aromatic rings. The summed E-state index contributed by atoms with van der Waals surface area (Å²) in [5, 5.41) is 10.6. The minimum absolute atomic E-state index is 0.0891. The Morgan fingerprint density at radius 1 is 1.27 bits per heavy atom. The highest BCUT2D eigenvalue weighted by Crippen LogP contribution is 2.55. The van der Waals surface area contributed by atoms with Crippen molar-refractivity contribution in [2.75, 3.05) is 0 Å². The maximum absolute atomic E-state index is 10.6. The van der Waals surface area contributed by atoms with Crippen molar-refractivity contribution < 1.29 is 9.84 Å². The van der Waals surface area contributed by atoms with Gasteiger partial charge in [-0.15, -0.1) is 0 Å². The number of ether oxygens (including phenoxy) is 1. The first-order valence-electron chi connectivity index (χ1n) is 8.94. The van der Waals surface area contributed by atoms with Crippen LogP contribution in [0, 0.1) is 11.3 Å². The van der Waals surface area contributed by atoms with Gasteiger partial charge in [0.05, 0.1) is 17.8 Å². The van der Waals surface area contributed by atoms with Crippen LogP contribution in [0.4, 0.5) is 0 Å². The first kappa shape index (κ1) is 16.3. The fraction of sp³-hybridized carbons (Fsp3) is 0.800. The lowest BCUT2D eigenvalue weighted by atomic mass is 9.72. The molecule has 0 bridgehead atoms. The summed E-state index contributed by atoms with van der Waals surface area (Å²) in [4.78, 5) is 0. The molecule has 3 rings (SSSR count). The Bertz CT molecular complexity index is 514. The zero-order valence-corrected chi connectivity index (χ0v) is 14.9. The van der Waals surface area contributed by atoms with Crippen LogP contribution in [0.3, 0.4) is 0 Å². The van der Waals surface area contributed by atoms with Gasteiger partial charge in [-0.3, -0.25) is 0 Å². The van der Waals surface area contributed by atoms with Crippen molar-refractivity contribution in [3.05, 3.63) is 22.8 Å². The number of aliphatic hydroxyl groups is 1. The van der Waals surface area contributed by atoms with Crippen LogP contribution < -0.4 is 0 Å². The second-order valence-electron chi connectivity index (χ2n) is 8.63. The smallest absolute Gasteiger partial charge is 0.0920 e. The van der Waals surface area contributed by atoms with E-state index in [1.165, 1.54) is 23.1 Å². The molecule has 2 nitrogen and oxygen atoms in total. The predicted octanol–water partition coefficient (Wildman–Crippen LogP) is 4.78. The van der Waals surface area contributed by atoms with Crippen molar-refractivity contribution in [2.24, 2.45) is 11.3 Å². The molecule has 2 heteroatoms. The average molecular weight is 304 g/mol. The van der Waals surface area contributed by atoms with E-state index < -0.39 is 0 Å². The summed E-state index contributed by atoms with van der Waals surface area (Å²) in [6.45, 7) is 11.2. The molecule has 0 radical (unpaired) electrons. The Kier molecular flexibility index (Phi) is 4.06. The van der Waals surface area contributed by atoms with E-state index in [9.17, 15) is 5.11 Å². The van der Waals surface area contributed by atoms with Crippen molar-refractivity contribution in [1.82, 2.24) is 0 Å². The summed E-state index contributed by atoms with van der Waals surface area (Å²) >= 11 is 0.